The molecule has 5 unspecified atom stereocenters. The molecule has 0 spiro atoms. The highest BCUT2D eigenvalue weighted by Crippen LogP contribution is 2.38. The van der Waals surface area contributed by atoms with Gasteiger partial charge in [-0.15, -0.1) is 0 Å². The maximum atomic E-state index is 9.28. The molecule has 0 aromatic carbocycles. The lowest BCUT2D eigenvalue weighted by atomic mass is 9.74. The number of ether oxygens (including phenoxy) is 1. The fraction of sp³-hybridized carbons (Fsp3) is 1.00. The zero-order valence-corrected chi connectivity index (χ0v) is 9.30. The molecule has 3 aliphatic rings. The Hall–Kier alpha value is -0.200. The van der Waals surface area contributed by atoms with Gasteiger partial charge in [-0.25, -0.2) is 5.43 Å². The van der Waals surface area contributed by atoms with Gasteiger partial charge in [0.1, 0.15) is 0 Å². The maximum absolute atomic E-state index is 9.28. The van der Waals surface area contributed by atoms with Gasteiger partial charge in [0.2, 0.25) is 0 Å². The van der Waals surface area contributed by atoms with E-state index < -0.39 is 6.29 Å². The third-order valence-corrected chi connectivity index (χ3v) is 4.38. The van der Waals surface area contributed by atoms with Crippen LogP contribution in [0, 0.1) is 11.8 Å². The zero-order valence-electron chi connectivity index (χ0n) is 9.30. The second-order valence-corrected chi connectivity index (χ2v) is 5.24. The van der Waals surface area contributed by atoms with E-state index in [1.54, 1.807) is 0 Å². The first-order chi connectivity index (χ1) is 7.77. The van der Waals surface area contributed by atoms with Gasteiger partial charge in [-0.05, 0) is 12.8 Å². The van der Waals surface area contributed by atoms with Crippen molar-refractivity contribution >= 4 is 0 Å². The third kappa shape index (κ3) is 1.67. The molecule has 1 aliphatic carbocycles. The van der Waals surface area contributed by atoms with Crippen molar-refractivity contribution in [1.29, 1.82) is 0 Å². The standard InChI is InChI=1S/C11H20N2O3/c14-11(15)10-7-5-16-8-4-2-1-3-6(8)9(7)12-13-10/h6-15H,1-5H2. The van der Waals surface area contributed by atoms with Gasteiger partial charge in [0.25, 0.3) is 0 Å². The Kier molecular flexibility index (Phi) is 2.89. The van der Waals surface area contributed by atoms with E-state index in [0.717, 1.165) is 6.42 Å². The first kappa shape index (κ1) is 10.9. The fourth-order valence-corrected chi connectivity index (χ4v) is 3.54. The molecule has 3 rings (SSSR count). The molecule has 1 saturated carbocycles. The molecule has 2 saturated heterocycles. The van der Waals surface area contributed by atoms with Gasteiger partial charge in [0.15, 0.2) is 6.29 Å². The molecule has 0 amide bonds. The average Bonchev–Trinajstić information content (AvgIpc) is 2.73. The number of aliphatic hydroxyl groups is 2. The first-order valence-corrected chi connectivity index (χ1v) is 6.26. The van der Waals surface area contributed by atoms with Crippen molar-refractivity contribution in [3.63, 3.8) is 0 Å². The summed E-state index contributed by atoms with van der Waals surface area (Å²) in [7, 11) is 0. The Morgan fingerprint density at radius 2 is 1.88 bits per heavy atom. The Balaban J connectivity index is 1.74. The van der Waals surface area contributed by atoms with Crippen LogP contribution in [-0.2, 0) is 4.74 Å². The Bertz CT molecular complexity index is 262. The molecular formula is C11H20N2O3. The maximum Gasteiger partial charge on any atom is 0.168 e. The minimum Gasteiger partial charge on any atom is -0.377 e. The summed E-state index contributed by atoms with van der Waals surface area (Å²) in [5, 5.41) is 18.6. The molecule has 2 heterocycles. The van der Waals surface area contributed by atoms with Gasteiger partial charge in [0, 0.05) is 17.9 Å². The summed E-state index contributed by atoms with van der Waals surface area (Å²) in [5.41, 5.74) is 6.24. The van der Waals surface area contributed by atoms with E-state index in [2.05, 4.69) is 10.9 Å². The van der Waals surface area contributed by atoms with Crippen molar-refractivity contribution in [2.24, 2.45) is 11.8 Å². The quantitative estimate of drug-likeness (QED) is 0.449. The number of aliphatic hydroxyl groups excluding tert-OH is 1. The molecule has 92 valence electrons. The lowest BCUT2D eigenvalue weighted by Gasteiger charge is -2.43. The van der Waals surface area contributed by atoms with Gasteiger partial charge in [-0.3, -0.25) is 5.43 Å². The number of fused-ring (bicyclic) bond motifs is 3. The van der Waals surface area contributed by atoms with Gasteiger partial charge in [0.05, 0.1) is 18.8 Å². The predicted octanol–water partition coefficient (Wildman–Crippen LogP) is -0.653. The fourth-order valence-electron chi connectivity index (χ4n) is 3.54. The highest BCUT2D eigenvalue weighted by atomic mass is 16.5. The van der Waals surface area contributed by atoms with Crippen LogP contribution in [0.5, 0.6) is 0 Å². The summed E-state index contributed by atoms with van der Waals surface area (Å²) in [4.78, 5) is 0. The molecule has 3 fully saturated rings. The number of hydrogen-bond acceptors (Lipinski definition) is 5. The van der Waals surface area contributed by atoms with Crippen LogP contribution in [0.1, 0.15) is 25.7 Å². The van der Waals surface area contributed by atoms with Crippen molar-refractivity contribution in [2.45, 2.75) is 50.2 Å². The summed E-state index contributed by atoms with van der Waals surface area (Å²) in [6, 6.07) is 0.0405. The highest BCUT2D eigenvalue weighted by Gasteiger charge is 2.49. The van der Waals surface area contributed by atoms with E-state index in [9.17, 15) is 10.2 Å². The van der Waals surface area contributed by atoms with Gasteiger partial charge in [-0.2, -0.15) is 0 Å². The van der Waals surface area contributed by atoms with Crippen molar-refractivity contribution in [2.75, 3.05) is 6.61 Å². The summed E-state index contributed by atoms with van der Waals surface area (Å²) < 4.78 is 5.87. The number of nitrogens with one attached hydrogen (secondary N) is 2. The van der Waals surface area contributed by atoms with E-state index in [0.29, 0.717) is 24.7 Å². The monoisotopic (exact) mass is 228 g/mol. The van der Waals surface area contributed by atoms with Crippen LogP contribution >= 0.6 is 0 Å². The summed E-state index contributed by atoms with van der Waals surface area (Å²) in [5.74, 6) is 0.711. The van der Waals surface area contributed by atoms with Crippen LogP contribution in [0.2, 0.25) is 0 Å². The molecule has 0 radical (unpaired) electrons. The minimum absolute atomic E-state index is 0.180. The van der Waals surface area contributed by atoms with Crippen LogP contribution in [0.25, 0.3) is 0 Å². The molecule has 5 heteroatoms. The van der Waals surface area contributed by atoms with E-state index in [1.165, 1.54) is 19.3 Å². The third-order valence-electron chi connectivity index (χ3n) is 4.38. The smallest absolute Gasteiger partial charge is 0.168 e. The van der Waals surface area contributed by atoms with Crippen molar-refractivity contribution in [1.82, 2.24) is 10.9 Å². The molecular weight excluding hydrogens is 208 g/mol. The van der Waals surface area contributed by atoms with Crippen LogP contribution in [0.15, 0.2) is 0 Å². The van der Waals surface area contributed by atoms with Crippen LogP contribution in [0.3, 0.4) is 0 Å². The Morgan fingerprint density at radius 3 is 2.69 bits per heavy atom. The number of rotatable bonds is 1. The lowest BCUT2D eigenvalue weighted by Crippen LogP contribution is -2.51. The van der Waals surface area contributed by atoms with Crippen LogP contribution in [-0.4, -0.2) is 41.3 Å². The molecule has 4 N–H and O–H groups in total. The van der Waals surface area contributed by atoms with Crippen LogP contribution in [0.4, 0.5) is 0 Å². The summed E-state index contributed by atoms with van der Waals surface area (Å²) >= 11 is 0. The average molecular weight is 228 g/mol. The lowest BCUT2D eigenvalue weighted by molar-refractivity contribution is -0.117. The molecule has 0 aromatic heterocycles. The molecule has 0 aromatic rings. The molecule has 0 bridgehead atoms. The first-order valence-electron chi connectivity index (χ1n) is 6.26. The molecule has 5 atom stereocenters. The summed E-state index contributed by atoms with van der Waals surface area (Å²) in [6.45, 7) is 0.633. The Morgan fingerprint density at radius 1 is 1.06 bits per heavy atom. The number of hydrogen-bond donors (Lipinski definition) is 4. The van der Waals surface area contributed by atoms with E-state index >= 15 is 0 Å². The number of hydrazine groups is 1. The van der Waals surface area contributed by atoms with Gasteiger partial charge in [-0.1, -0.05) is 12.8 Å². The van der Waals surface area contributed by atoms with Gasteiger partial charge >= 0.3 is 0 Å². The molecule has 16 heavy (non-hydrogen) atoms. The normalized spacial score (nSPS) is 47.8. The van der Waals surface area contributed by atoms with E-state index in [1.807, 2.05) is 0 Å². The largest absolute Gasteiger partial charge is 0.377 e. The zero-order chi connectivity index (χ0) is 11.1. The second kappa shape index (κ2) is 4.23. The van der Waals surface area contributed by atoms with Crippen LogP contribution < -0.4 is 10.9 Å². The second-order valence-electron chi connectivity index (χ2n) is 5.24. The minimum atomic E-state index is -1.31. The summed E-state index contributed by atoms with van der Waals surface area (Å²) in [6.07, 6.45) is 3.93. The van der Waals surface area contributed by atoms with Crippen molar-refractivity contribution < 1.29 is 14.9 Å². The topological polar surface area (TPSA) is 73.8 Å². The van der Waals surface area contributed by atoms with Crippen molar-refractivity contribution in [3.05, 3.63) is 0 Å². The van der Waals surface area contributed by atoms with E-state index in [-0.39, 0.29) is 12.0 Å². The SMILES string of the molecule is OC(O)C1NNC2C3CCCCC3OCC12. The molecule has 2 aliphatic heterocycles. The van der Waals surface area contributed by atoms with Crippen molar-refractivity contribution in [3.8, 4) is 0 Å². The molecule has 5 nitrogen and oxygen atoms in total. The predicted molar refractivity (Wildman–Crippen MR) is 57.3 cm³/mol. The highest BCUT2D eigenvalue weighted by molar-refractivity contribution is 5.01. The van der Waals surface area contributed by atoms with E-state index in [4.69, 9.17) is 4.74 Å². The Labute approximate surface area is 95.1 Å². The van der Waals surface area contributed by atoms with Gasteiger partial charge < -0.3 is 14.9 Å².